The van der Waals surface area contributed by atoms with Crippen LogP contribution in [0.4, 0.5) is 8.78 Å². The molecule has 0 unspecified atom stereocenters. The third-order valence-corrected chi connectivity index (χ3v) is 3.47. The predicted octanol–water partition coefficient (Wildman–Crippen LogP) is 3.04. The van der Waals surface area contributed by atoms with Crippen LogP contribution >= 0.6 is 11.3 Å². The molecule has 0 atom stereocenters. The first-order valence-corrected chi connectivity index (χ1v) is 6.09. The smallest absolute Gasteiger partial charge is 0.356 e. The number of carbonyl (C=O) groups is 1. The van der Waals surface area contributed by atoms with Crippen LogP contribution in [-0.4, -0.2) is 20.5 Å². The molecule has 96 valence electrons. The van der Waals surface area contributed by atoms with E-state index in [9.17, 15) is 13.6 Å². The highest BCUT2D eigenvalue weighted by Gasteiger charge is 2.16. The van der Waals surface area contributed by atoms with Gasteiger partial charge in [-0.3, -0.25) is 4.40 Å². The van der Waals surface area contributed by atoms with E-state index in [2.05, 4.69) is 4.98 Å². The molecule has 0 fully saturated rings. The van der Waals surface area contributed by atoms with E-state index in [-0.39, 0.29) is 11.3 Å². The highest BCUT2D eigenvalue weighted by molar-refractivity contribution is 7.15. The molecule has 1 aromatic carbocycles. The van der Waals surface area contributed by atoms with Crippen LogP contribution in [0.25, 0.3) is 16.2 Å². The van der Waals surface area contributed by atoms with Crippen molar-refractivity contribution >= 4 is 22.3 Å². The number of aromatic carboxylic acids is 1. The summed E-state index contributed by atoms with van der Waals surface area (Å²) in [6, 6.07) is 3.12. The van der Waals surface area contributed by atoms with Gasteiger partial charge >= 0.3 is 5.97 Å². The zero-order valence-corrected chi connectivity index (χ0v) is 10.1. The molecule has 0 bridgehead atoms. The van der Waals surface area contributed by atoms with Crippen LogP contribution in [0.1, 0.15) is 10.5 Å². The molecule has 0 amide bonds. The van der Waals surface area contributed by atoms with E-state index in [1.807, 2.05) is 0 Å². The number of hydrogen-bond donors (Lipinski definition) is 1. The number of nitrogens with zero attached hydrogens (tertiary/aromatic N) is 2. The topological polar surface area (TPSA) is 54.6 Å². The number of fused-ring (bicyclic) bond motifs is 1. The molecule has 0 aliphatic rings. The van der Waals surface area contributed by atoms with E-state index in [0.29, 0.717) is 10.7 Å². The Labute approximate surface area is 109 Å². The molecule has 7 heteroatoms. The molecule has 0 saturated heterocycles. The van der Waals surface area contributed by atoms with Crippen molar-refractivity contribution < 1.29 is 18.7 Å². The zero-order chi connectivity index (χ0) is 13.6. The number of imidazole rings is 1. The molecular formula is C12H6F2N2O2S. The van der Waals surface area contributed by atoms with Gasteiger partial charge in [-0.05, 0) is 18.2 Å². The summed E-state index contributed by atoms with van der Waals surface area (Å²) in [7, 11) is 0. The van der Waals surface area contributed by atoms with Crippen molar-refractivity contribution in [2.75, 3.05) is 0 Å². The van der Waals surface area contributed by atoms with Gasteiger partial charge < -0.3 is 5.11 Å². The van der Waals surface area contributed by atoms with Crippen LogP contribution in [0.2, 0.25) is 0 Å². The van der Waals surface area contributed by atoms with Crippen LogP contribution in [0, 0.1) is 11.6 Å². The number of benzene rings is 1. The summed E-state index contributed by atoms with van der Waals surface area (Å²) in [5, 5.41) is 10.5. The molecule has 4 nitrogen and oxygen atoms in total. The SMILES string of the molecule is O=C(O)c1cn2c(-c3cc(F)ccc3F)csc2n1. The molecule has 0 spiro atoms. The second kappa shape index (κ2) is 4.13. The maximum Gasteiger partial charge on any atom is 0.356 e. The van der Waals surface area contributed by atoms with Gasteiger partial charge in [-0.1, -0.05) is 0 Å². The van der Waals surface area contributed by atoms with Gasteiger partial charge in [-0.2, -0.15) is 0 Å². The van der Waals surface area contributed by atoms with E-state index in [0.717, 1.165) is 29.5 Å². The molecular weight excluding hydrogens is 274 g/mol. The van der Waals surface area contributed by atoms with Crippen molar-refractivity contribution in [2.45, 2.75) is 0 Å². The average molecular weight is 280 g/mol. The van der Waals surface area contributed by atoms with E-state index in [4.69, 9.17) is 5.11 Å². The Morgan fingerprint density at radius 3 is 2.89 bits per heavy atom. The van der Waals surface area contributed by atoms with Crippen LogP contribution in [0.5, 0.6) is 0 Å². The Morgan fingerprint density at radius 1 is 1.37 bits per heavy atom. The van der Waals surface area contributed by atoms with Gasteiger partial charge in [0.2, 0.25) is 0 Å². The maximum absolute atomic E-state index is 13.7. The number of carboxylic acid groups (broad SMARTS) is 1. The average Bonchev–Trinajstić information content (AvgIpc) is 2.92. The fourth-order valence-electron chi connectivity index (χ4n) is 1.77. The van der Waals surface area contributed by atoms with Gasteiger partial charge in [0.05, 0.1) is 5.69 Å². The van der Waals surface area contributed by atoms with Crippen molar-refractivity contribution in [3.8, 4) is 11.3 Å². The Balaban J connectivity index is 2.24. The molecule has 0 radical (unpaired) electrons. The van der Waals surface area contributed by atoms with Crippen molar-refractivity contribution in [1.82, 2.24) is 9.38 Å². The molecule has 1 N–H and O–H groups in total. The normalized spacial score (nSPS) is 11.1. The van der Waals surface area contributed by atoms with E-state index in [1.54, 1.807) is 5.38 Å². The largest absolute Gasteiger partial charge is 0.476 e. The van der Waals surface area contributed by atoms with Crippen LogP contribution in [0.15, 0.2) is 29.8 Å². The lowest BCUT2D eigenvalue weighted by Crippen LogP contribution is -1.95. The van der Waals surface area contributed by atoms with E-state index in [1.165, 1.54) is 10.6 Å². The second-order valence-corrected chi connectivity index (χ2v) is 4.67. The van der Waals surface area contributed by atoms with Gasteiger partial charge in [0.15, 0.2) is 10.7 Å². The first-order chi connectivity index (χ1) is 9.06. The summed E-state index contributed by atoms with van der Waals surface area (Å²) < 4.78 is 28.3. The van der Waals surface area contributed by atoms with Crippen molar-refractivity contribution in [3.63, 3.8) is 0 Å². The second-order valence-electron chi connectivity index (χ2n) is 3.83. The van der Waals surface area contributed by atoms with Crippen molar-refractivity contribution in [3.05, 3.63) is 47.1 Å². The standard InChI is InChI=1S/C12H6F2N2O2S/c13-6-1-2-8(14)7(3-6)10-5-19-12-15-9(11(17)18)4-16(10)12/h1-5H,(H,17,18). The van der Waals surface area contributed by atoms with Crippen LogP contribution in [0.3, 0.4) is 0 Å². The lowest BCUT2D eigenvalue weighted by atomic mass is 10.1. The third kappa shape index (κ3) is 1.88. The summed E-state index contributed by atoms with van der Waals surface area (Å²) in [6.45, 7) is 0. The minimum atomic E-state index is -1.17. The lowest BCUT2D eigenvalue weighted by molar-refractivity contribution is 0.0691. The van der Waals surface area contributed by atoms with Gasteiger partial charge in [-0.25, -0.2) is 18.6 Å². The minimum absolute atomic E-state index is 0.0700. The summed E-state index contributed by atoms with van der Waals surface area (Å²) in [6.07, 6.45) is 1.29. The number of rotatable bonds is 2. The fraction of sp³-hybridized carbons (Fsp3) is 0. The van der Waals surface area contributed by atoms with E-state index < -0.39 is 17.6 Å². The molecule has 3 rings (SSSR count). The summed E-state index contributed by atoms with van der Waals surface area (Å²) in [4.78, 5) is 15.1. The summed E-state index contributed by atoms with van der Waals surface area (Å²) in [5.41, 5.74) is 0.308. The molecule has 0 aliphatic heterocycles. The van der Waals surface area contributed by atoms with Gasteiger partial charge in [-0.15, -0.1) is 11.3 Å². The Morgan fingerprint density at radius 2 is 2.16 bits per heavy atom. The zero-order valence-electron chi connectivity index (χ0n) is 9.30. The first-order valence-electron chi connectivity index (χ1n) is 5.21. The lowest BCUT2D eigenvalue weighted by Gasteiger charge is -2.01. The van der Waals surface area contributed by atoms with Gasteiger partial charge in [0.25, 0.3) is 0 Å². The highest BCUT2D eigenvalue weighted by Crippen LogP contribution is 2.28. The Bertz CT molecular complexity index is 794. The predicted molar refractivity (Wildman–Crippen MR) is 65.4 cm³/mol. The minimum Gasteiger partial charge on any atom is -0.476 e. The number of halogens is 2. The molecule has 0 aliphatic carbocycles. The summed E-state index contributed by atoms with van der Waals surface area (Å²) in [5.74, 6) is -2.30. The van der Waals surface area contributed by atoms with Gasteiger partial charge in [0.1, 0.15) is 11.6 Å². The Hall–Kier alpha value is -2.28. The third-order valence-electron chi connectivity index (χ3n) is 2.63. The maximum atomic E-state index is 13.7. The number of hydrogen-bond acceptors (Lipinski definition) is 3. The molecule has 2 heterocycles. The van der Waals surface area contributed by atoms with Gasteiger partial charge in [0, 0.05) is 17.1 Å². The Kier molecular flexibility index (Phi) is 2.56. The molecule has 2 aromatic heterocycles. The monoisotopic (exact) mass is 280 g/mol. The first kappa shape index (κ1) is 11.8. The van der Waals surface area contributed by atoms with E-state index >= 15 is 0 Å². The number of aromatic nitrogens is 2. The quantitative estimate of drug-likeness (QED) is 0.785. The molecule has 0 saturated carbocycles. The van der Waals surface area contributed by atoms with Crippen LogP contribution in [-0.2, 0) is 0 Å². The molecule has 19 heavy (non-hydrogen) atoms. The number of carboxylic acids is 1. The van der Waals surface area contributed by atoms with Crippen LogP contribution < -0.4 is 0 Å². The van der Waals surface area contributed by atoms with Crippen molar-refractivity contribution in [2.24, 2.45) is 0 Å². The highest BCUT2D eigenvalue weighted by atomic mass is 32.1. The number of thiazole rings is 1. The van der Waals surface area contributed by atoms with Crippen molar-refractivity contribution in [1.29, 1.82) is 0 Å². The summed E-state index contributed by atoms with van der Waals surface area (Å²) >= 11 is 1.16. The molecule has 3 aromatic rings. The fourth-order valence-corrected chi connectivity index (χ4v) is 2.65.